The summed E-state index contributed by atoms with van der Waals surface area (Å²) in [6, 6.07) is 1.44. The van der Waals surface area contributed by atoms with Crippen LogP contribution in [0.4, 0.5) is 5.69 Å². The number of hydrogen-bond donors (Lipinski definition) is 2. The molecule has 2 rings (SSSR count). The second kappa shape index (κ2) is 4.47. The molecule has 0 saturated carbocycles. The summed E-state index contributed by atoms with van der Waals surface area (Å²) >= 11 is 1.10. The van der Waals surface area contributed by atoms with Gasteiger partial charge in [-0.15, -0.1) is 11.3 Å². The van der Waals surface area contributed by atoms with E-state index in [1.807, 2.05) is 0 Å². The molecule has 0 aromatic carbocycles. The molecule has 2 aromatic rings. The van der Waals surface area contributed by atoms with Crippen LogP contribution in [0.15, 0.2) is 28.0 Å². The zero-order valence-electron chi connectivity index (χ0n) is 9.12. The third kappa shape index (κ3) is 2.84. The summed E-state index contributed by atoms with van der Waals surface area (Å²) in [5, 5.41) is 5.55. The molecule has 0 fully saturated rings. The van der Waals surface area contributed by atoms with Crippen LogP contribution in [0, 0.1) is 0 Å². The Balaban J connectivity index is 2.08. The number of nitrogens with one attached hydrogen (secondary N) is 1. The third-order valence-electron chi connectivity index (χ3n) is 2.09. The maximum Gasteiger partial charge on any atom is 0.250 e. The molecule has 0 atom stereocenters. The van der Waals surface area contributed by atoms with Crippen molar-refractivity contribution in [3.05, 3.63) is 29.4 Å². The van der Waals surface area contributed by atoms with Gasteiger partial charge in [-0.1, -0.05) is 0 Å². The Morgan fingerprint density at radius 1 is 1.59 bits per heavy atom. The van der Waals surface area contributed by atoms with Crippen LogP contribution in [0.25, 0.3) is 0 Å². The second-order valence-electron chi connectivity index (χ2n) is 3.55. The molecule has 17 heavy (non-hydrogen) atoms. The summed E-state index contributed by atoms with van der Waals surface area (Å²) in [7, 11) is -1.70. The number of thiophene rings is 1. The van der Waals surface area contributed by atoms with E-state index in [2.05, 4.69) is 9.82 Å². The Kier molecular flexibility index (Phi) is 3.18. The fourth-order valence-electron chi connectivity index (χ4n) is 1.28. The molecule has 0 radical (unpaired) electrons. The van der Waals surface area contributed by atoms with Crippen LogP contribution in [-0.4, -0.2) is 18.2 Å². The quantitative estimate of drug-likeness (QED) is 0.850. The minimum Gasteiger partial charge on any atom is -0.398 e. The molecule has 2 aromatic heterocycles. The molecule has 92 valence electrons. The van der Waals surface area contributed by atoms with Gasteiger partial charge in [0.15, 0.2) is 0 Å². The number of nitrogens with zero attached hydrogens (tertiary/aromatic N) is 2. The Morgan fingerprint density at radius 2 is 2.35 bits per heavy atom. The Bertz CT molecular complexity index is 614. The number of hydrogen-bond acceptors (Lipinski definition) is 5. The van der Waals surface area contributed by atoms with Gasteiger partial charge in [0.05, 0.1) is 6.20 Å². The van der Waals surface area contributed by atoms with Gasteiger partial charge in [-0.2, -0.15) is 5.10 Å². The van der Waals surface area contributed by atoms with Gasteiger partial charge < -0.3 is 5.73 Å². The zero-order chi connectivity index (χ0) is 12.5. The fourth-order valence-corrected chi connectivity index (χ4v) is 3.43. The minimum absolute atomic E-state index is 0.216. The normalized spacial score (nSPS) is 11.8. The minimum atomic E-state index is -3.48. The Labute approximate surface area is 103 Å². The molecular weight excluding hydrogens is 260 g/mol. The summed E-state index contributed by atoms with van der Waals surface area (Å²) in [6.45, 7) is 0.216. The van der Waals surface area contributed by atoms with Crippen LogP contribution >= 0.6 is 11.3 Å². The lowest BCUT2D eigenvalue weighted by atomic mass is 10.4. The SMILES string of the molecule is Cn1cc(CNS(=O)(=O)c2cc(N)cs2)cn1. The van der Waals surface area contributed by atoms with E-state index < -0.39 is 10.0 Å². The van der Waals surface area contributed by atoms with Crippen molar-refractivity contribution in [2.24, 2.45) is 7.05 Å². The van der Waals surface area contributed by atoms with Gasteiger partial charge in [0.2, 0.25) is 10.0 Å². The monoisotopic (exact) mass is 272 g/mol. The van der Waals surface area contributed by atoms with Crippen LogP contribution in [0.2, 0.25) is 0 Å². The van der Waals surface area contributed by atoms with Crippen molar-refractivity contribution in [1.82, 2.24) is 14.5 Å². The van der Waals surface area contributed by atoms with Crippen LogP contribution in [-0.2, 0) is 23.6 Å². The highest BCUT2D eigenvalue weighted by Crippen LogP contribution is 2.21. The number of aromatic nitrogens is 2. The van der Waals surface area contributed by atoms with E-state index >= 15 is 0 Å². The first-order valence-corrected chi connectivity index (χ1v) is 7.15. The number of nitrogen functional groups attached to an aromatic ring is 1. The lowest BCUT2D eigenvalue weighted by molar-refractivity contribution is 0.583. The van der Waals surface area contributed by atoms with Crippen LogP contribution in [0.1, 0.15) is 5.56 Å². The molecule has 2 heterocycles. The van der Waals surface area contributed by atoms with E-state index in [9.17, 15) is 8.42 Å². The molecule has 3 N–H and O–H groups in total. The number of anilines is 1. The van der Waals surface area contributed by atoms with Crippen molar-refractivity contribution in [2.75, 3.05) is 5.73 Å². The van der Waals surface area contributed by atoms with E-state index in [4.69, 9.17) is 5.73 Å². The van der Waals surface area contributed by atoms with Crippen molar-refractivity contribution in [3.8, 4) is 0 Å². The first-order chi connectivity index (χ1) is 7.97. The first-order valence-electron chi connectivity index (χ1n) is 4.78. The Hall–Kier alpha value is -1.38. The van der Waals surface area contributed by atoms with Gasteiger partial charge in [-0.3, -0.25) is 4.68 Å². The molecule has 0 aliphatic rings. The van der Waals surface area contributed by atoms with E-state index in [1.54, 1.807) is 29.5 Å². The molecule has 0 amide bonds. The average molecular weight is 272 g/mol. The molecule has 0 aliphatic heterocycles. The largest absolute Gasteiger partial charge is 0.398 e. The van der Waals surface area contributed by atoms with E-state index in [1.165, 1.54) is 6.07 Å². The predicted molar refractivity (Wildman–Crippen MR) is 66.0 cm³/mol. The summed E-state index contributed by atoms with van der Waals surface area (Å²) in [5.41, 5.74) is 6.75. The molecule has 0 bridgehead atoms. The van der Waals surface area contributed by atoms with Gasteiger partial charge in [-0.05, 0) is 6.07 Å². The zero-order valence-corrected chi connectivity index (χ0v) is 10.8. The van der Waals surface area contributed by atoms with Gasteiger partial charge in [-0.25, -0.2) is 13.1 Å². The third-order valence-corrected chi connectivity index (χ3v) is 4.94. The average Bonchev–Trinajstić information content (AvgIpc) is 2.85. The first kappa shape index (κ1) is 12.1. The standard InChI is InChI=1S/C9H12N4O2S2/c1-13-5-7(3-11-13)4-12-17(14,15)9-2-8(10)6-16-9/h2-3,5-6,12H,4,10H2,1H3. The highest BCUT2D eigenvalue weighted by Gasteiger charge is 2.16. The number of aryl methyl sites for hydroxylation is 1. The summed E-state index contributed by atoms with van der Waals surface area (Å²) in [5.74, 6) is 0. The summed E-state index contributed by atoms with van der Waals surface area (Å²) in [6.07, 6.45) is 3.37. The summed E-state index contributed by atoms with van der Waals surface area (Å²) in [4.78, 5) is 0. The number of nitrogens with two attached hydrogens (primary N) is 1. The predicted octanol–water partition coefficient (Wildman–Crippen LogP) is 0.542. The maximum atomic E-state index is 11.8. The maximum absolute atomic E-state index is 11.8. The second-order valence-corrected chi connectivity index (χ2v) is 6.45. The smallest absolute Gasteiger partial charge is 0.250 e. The lowest BCUT2D eigenvalue weighted by Gasteiger charge is -2.02. The van der Waals surface area contributed by atoms with Crippen molar-refractivity contribution >= 4 is 27.0 Å². The molecule has 8 heteroatoms. The van der Waals surface area contributed by atoms with Gasteiger partial charge in [0.1, 0.15) is 4.21 Å². The molecule has 0 unspecified atom stereocenters. The van der Waals surface area contributed by atoms with Gasteiger partial charge in [0, 0.05) is 36.4 Å². The molecule has 6 nitrogen and oxygen atoms in total. The van der Waals surface area contributed by atoms with Crippen molar-refractivity contribution in [2.45, 2.75) is 10.8 Å². The van der Waals surface area contributed by atoms with E-state index in [-0.39, 0.29) is 10.8 Å². The van der Waals surface area contributed by atoms with Crippen molar-refractivity contribution in [1.29, 1.82) is 0 Å². The Morgan fingerprint density at radius 3 is 2.88 bits per heavy atom. The highest BCUT2D eigenvalue weighted by atomic mass is 32.2. The van der Waals surface area contributed by atoms with Crippen LogP contribution < -0.4 is 10.5 Å². The molecular formula is C9H12N4O2S2. The van der Waals surface area contributed by atoms with Crippen LogP contribution in [0.5, 0.6) is 0 Å². The van der Waals surface area contributed by atoms with Crippen molar-refractivity contribution < 1.29 is 8.42 Å². The van der Waals surface area contributed by atoms with E-state index in [0.29, 0.717) is 5.69 Å². The van der Waals surface area contributed by atoms with Gasteiger partial charge in [0.25, 0.3) is 0 Å². The topological polar surface area (TPSA) is 90.0 Å². The van der Waals surface area contributed by atoms with E-state index in [0.717, 1.165) is 16.9 Å². The number of rotatable bonds is 4. The molecule has 0 spiro atoms. The van der Waals surface area contributed by atoms with Crippen molar-refractivity contribution in [3.63, 3.8) is 0 Å². The molecule has 0 saturated heterocycles. The highest BCUT2D eigenvalue weighted by molar-refractivity contribution is 7.91. The fraction of sp³-hybridized carbons (Fsp3) is 0.222. The summed E-state index contributed by atoms with van der Waals surface area (Å²) < 4.78 is 28.0. The number of sulfonamides is 1. The molecule has 0 aliphatic carbocycles. The van der Waals surface area contributed by atoms with Gasteiger partial charge >= 0.3 is 0 Å². The lowest BCUT2D eigenvalue weighted by Crippen LogP contribution is -2.22. The van der Waals surface area contributed by atoms with Crippen LogP contribution in [0.3, 0.4) is 0 Å².